The van der Waals surface area contributed by atoms with Crippen LogP contribution >= 0.6 is 0 Å². The normalized spacial score (nSPS) is 12.6. The van der Waals surface area contributed by atoms with Crippen molar-refractivity contribution in [1.82, 2.24) is 15.4 Å². The fraction of sp³-hybridized carbons (Fsp3) is 0.440. The predicted octanol–water partition coefficient (Wildman–Crippen LogP) is 4.04. The zero-order valence-electron chi connectivity index (χ0n) is 20.2. The number of carbonyl (C=O) groups excluding carboxylic acids is 3. The lowest BCUT2D eigenvalue weighted by atomic mass is 9.87. The molecule has 2 atom stereocenters. The number of nitrogens with zero attached hydrogens (tertiary/aromatic N) is 2. The van der Waals surface area contributed by atoms with Crippen LogP contribution in [0.5, 0.6) is 5.75 Å². The maximum Gasteiger partial charge on any atom is 0.321 e. The molecule has 0 unspecified atom stereocenters. The molecule has 190 valence electrons. The summed E-state index contributed by atoms with van der Waals surface area (Å²) < 4.78 is 13.1. The second-order valence-electron chi connectivity index (χ2n) is 8.55. The number of nitrogens with one attached hydrogen (secondary N) is 2. The van der Waals surface area contributed by atoms with Crippen LogP contribution in [-0.4, -0.2) is 46.0 Å². The van der Waals surface area contributed by atoms with Crippen molar-refractivity contribution < 1.29 is 28.7 Å². The van der Waals surface area contributed by atoms with Crippen LogP contribution in [0.2, 0.25) is 0 Å². The number of ketones is 1. The van der Waals surface area contributed by atoms with Gasteiger partial charge in [-0.05, 0) is 17.9 Å². The molecule has 10 heteroatoms. The van der Waals surface area contributed by atoms with Crippen molar-refractivity contribution in [2.45, 2.75) is 52.7 Å². The quantitative estimate of drug-likeness (QED) is 0.273. The number of hydroxylamine groups is 2. The molecule has 1 aromatic heterocycles. The van der Waals surface area contributed by atoms with E-state index in [0.717, 1.165) is 35.7 Å². The Morgan fingerprint density at radius 1 is 1.26 bits per heavy atom. The summed E-state index contributed by atoms with van der Waals surface area (Å²) >= 11 is 0. The number of amides is 3. The van der Waals surface area contributed by atoms with E-state index in [1.807, 2.05) is 37.3 Å². The van der Waals surface area contributed by atoms with Crippen molar-refractivity contribution in [2.24, 2.45) is 11.8 Å². The van der Waals surface area contributed by atoms with Gasteiger partial charge in [-0.15, -0.1) is 0 Å². The number of hydrogen-bond acceptors (Lipinski definition) is 6. The molecule has 1 aromatic carbocycles. The molecule has 9 nitrogen and oxygen atoms in total. The number of anilines is 1. The summed E-state index contributed by atoms with van der Waals surface area (Å²) in [7, 11) is 0. The van der Waals surface area contributed by atoms with Crippen LogP contribution in [-0.2, 0) is 21.0 Å². The van der Waals surface area contributed by atoms with Gasteiger partial charge in [-0.1, -0.05) is 63.9 Å². The lowest BCUT2D eigenvalue weighted by Gasteiger charge is -2.28. The largest absolute Gasteiger partial charge is 0.504 e. The summed E-state index contributed by atoms with van der Waals surface area (Å²) in [6.07, 6.45) is 3.52. The summed E-state index contributed by atoms with van der Waals surface area (Å²) in [5, 5.41) is 15.8. The molecule has 0 aliphatic carbocycles. The van der Waals surface area contributed by atoms with Gasteiger partial charge in [0.05, 0.1) is 18.8 Å². The predicted molar refractivity (Wildman–Crippen MR) is 129 cm³/mol. The number of Topliss-reactive ketones (excluding diaryl/α,β-unsaturated/α-hetero) is 1. The third-order valence-corrected chi connectivity index (χ3v) is 5.39. The summed E-state index contributed by atoms with van der Waals surface area (Å²) in [6.45, 7) is 5.80. The Kier molecular flexibility index (Phi) is 11.1. The first-order chi connectivity index (χ1) is 16.7. The van der Waals surface area contributed by atoms with Crippen molar-refractivity contribution >= 4 is 24.0 Å². The topological polar surface area (TPSA) is 121 Å². The maximum atomic E-state index is 13.5. The molecular weight excluding hydrogens is 455 g/mol. The molecule has 2 aromatic rings. The third kappa shape index (κ3) is 8.97. The first-order valence-corrected chi connectivity index (χ1v) is 11.6. The number of urea groups is 1. The van der Waals surface area contributed by atoms with Gasteiger partial charge in [0.2, 0.25) is 6.41 Å². The lowest BCUT2D eigenvalue weighted by molar-refractivity contribution is -0.182. The lowest BCUT2D eigenvalue weighted by Crippen LogP contribution is -2.50. The van der Waals surface area contributed by atoms with E-state index in [2.05, 4.69) is 15.6 Å². The monoisotopic (exact) mass is 488 g/mol. The first-order valence-electron chi connectivity index (χ1n) is 11.6. The van der Waals surface area contributed by atoms with E-state index in [9.17, 15) is 23.9 Å². The molecule has 1 heterocycles. The van der Waals surface area contributed by atoms with E-state index in [4.69, 9.17) is 4.84 Å². The summed E-state index contributed by atoms with van der Waals surface area (Å²) in [5.74, 6) is -2.59. The molecule has 3 N–H and O–H groups in total. The van der Waals surface area contributed by atoms with Crippen LogP contribution in [0.25, 0.3) is 0 Å². The average molecular weight is 489 g/mol. The van der Waals surface area contributed by atoms with E-state index in [0.29, 0.717) is 12.8 Å². The summed E-state index contributed by atoms with van der Waals surface area (Å²) in [6, 6.07) is 8.52. The minimum absolute atomic E-state index is 0.0436. The summed E-state index contributed by atoms with van der Waals surface area (Å²) in [5.41, 5.74) is 0.881. The number of aromatic nitrogens is 1. The molecule has 0 spiro atoms. The van der Waals surface area contributed by atoms with Gasteiger partial charge in [0.25, 0.3) is 0 Å². The van der Waals surface area contributed by atoms with Crippen molar-refractivity contribution in [1.29, 1.82) is 0 Å². The van der Waals surface area contributed by atoms with Gasteiger partial charge in [0.15, 0.2) is 17.4 Å². The van der Waals surface area contributed by atoms with Crippen molar-refractivity contribution in [2.75, 3.05) is 11.9 Å². The van der Waals surface area contributed by atoms with E-state index in [1.54, 1.807) is 13.8 Å². The minimum Gasteiger partial charge on any atom is -0.504 e. The molecule has 2 rings (SSSR count). The highest BCUT2D eigenvalue weighted by Crippen LogP contribution is 2.21. The Balaban J connectivity index is 2.09. The van der Waals surface area contributed by atoms with E-state index >= 15 is 0 Å². The van der Waals surface area contributed by atoms with Gasteiger partial charge in [-0.3, -0.25) is 19.7 Å². The zero-order chi connectivity index (χ0) is 25.8. The molecule has 3 amide bonds. The molecule has 0 saturated carbocycles. The van der Waals surface area contributed by atoms with E-state index in [1.165, 1.54) is 0 Å². The van der Waals surface area contributed by atoms with Crippen molar-refractivity contribution in [3.05, 3.63) is 54.0 Å². The Hall–Kier alpha value is -3.53. The molecule has 0 saturated heterocycles. The maximum absolute atomic E-state index is 13.5. The fourth-order valence-electron chi connectivity index (χ4n) is 3.48. The van der Waals surface area contributed by atoms with Crippen LogP contribution in [0.3, 0.4) is 0 Å². The van der Waals surface area contributed by atoms with Gasteiger partial charge in [0, 0.05) is 12.0 Å². The Morgan fingerprint density at radius 2 is 1.97 bits per heavy atom. The minimum atomic E-state index is -0.873. The number of halogens is 1. The Morgan fingerprint density at radius 3 is 2.57 bits per heavy atom. The van der Waals surface area contributed by atoms with Crippen LogP contribution < -0.4 is 10.6 Å². The number of pyridine rings is 1. The number of carbonyl (C=O) groups is 3. The van der Waals surface area contributed by atoms with Gasteiger partial charge < -0.3 is 10.4 Å². The van der Waals surface area contributed by atoms with Crippen molar-refractivity contribution in [3.63, 3.8) is 0 Å². The molecule has 0 aliphatic rings. The van der Waals surface area contributed by atoms with Crippen LogP contribution in [0, 0.1) is 17.7 Å². The molecular formula is C25H33FN4O5. The highest BCUT2D eigenvalue weighted by Gasteiger charge is 2.32. The van der Waals surface area contributed by atoms with Crippen LogP contribution in [0.1, 0.15) is 45.6 Å². The van der Waals surface area contributed by atoms with Gasteiger partial charge in [-0.2, -0.15) is 0 Å². The number of hydrogen-bond donors (Lipinski definition) is 3. The third-order valence-electron chi connectivity index (χ3n) is 5.39. The average Bonchev–Trinajstić information content (AvgIpc) is 2.84. The molecule has 0 aliphatic heterocycles. The van der Waals surface area contributed by atoms with Crippen molar-refractivity contribution in [3.8, 4) is 5.75 Å². The second kappa shape index (κ2) is 14.0. The number of rotatable bonds is 14. The van der Waals surface area contributed by atoms with Gasteiger partial charge in [0.1, 0.15) is 12.4 Å². The second-order valence-corrected chi connectivity index (χ2v) is 8.55. The Bertz CT molecular complexity index is 974. The van der Waals surface area contributed by atoms with E-state index < -0.39 is 29.6 Å². The fourth-order valence-corrected chi connectivity index (χ4v) is 3.48. The standard InChI is InChI=1S/C25H33FN4O5/c1-4-5-11-19(14-30(16-31)35-15-18-9-7-6-8-10-18)23(33)22(17(2)3)28-25(34)29-24-21(32)12-20(26)13-27-24/h6-10,12-13,16-17,19,22,32H,4-5,11,14-15H2,1-3H3,(H2,27,28,29,34)/t19-,22+/m1/s1. The molecule has 0 bridgehead atoms. The van der Waals surface area contributed by atoms with Gasteiger partial charge >= 0.3 is 6.03 Å². The highest BCUT2D eigenvalue weighted by molar-refractivity contribution is 5.95. The van der Waals surface area contributed by atoms with Crippen LogP contribution in [0.4, 0.5) is 15.0 Å². The first kappa shape index (κ1) is 27.7. The van der Waals surface area contributed by atoms with E-state index in [-0.39, 0.29) is 30.7 Å². The van der Waals surface area contributed by atoms with Gasteiger partial charge in [-0.25, -0.2) is 19.2 Å². The zero-order valence-corrected chi connectivity index (χ0v) is 20.2. The molecule has 0 fully saturated rings. The summed E-state index contributed by atoms with van der Waals surface area (Å²) in [4.78, 5) is 46.9. The number of benzene rings is 1. The molecule has 35 heavy (non-hydrogen) atoms. The number of unbranched alkanes of at least 4 members (excludes halogenated alkanes) is 1. The highest BCUT2D eigenvalue weighted by atomic mass is 19.1. The molecule has 0 radical (unpaired) electrons. The van der Waals surface area contributed by atoms with Crippen LogP contribution in [0.15, 0.2) is 42.6 Å². The smallest absolute Gasteiger partial charge is 0.321 e. The SMILES string of the molecule is CCCC[C@H](CN(C=O)OCc1ccccc1)C(=O)[C@@H](NC(=O)Nc1ncc(F)cc1O)C(C)C. The number of aromatic hydroxyl groups is 1. The Labute approximate surface area is 204 Å².